The van der Waals surface area contributed by atoms with Gasteiger partial charge in [-0.25, -0.2) is 4.79 Å². The van der Waals surface area contributed by atoms with E-state index in [1.165, 1.54) is 0 Å². The summed E-state index contributed by atoms with van der Waals surface area (Å²) < 4.78 is 10.5. The first-order chi connectivity index (χ1) is 14.4. The molecule has 2 rings (SSSR count). The van der Waals surface area contributed by atoms with Crippen molar-refractivity contribution in [1.82, 2.24) is 5.32 Å². The minimum Gasteiger partial charge on any atom is -0.476 e. The van der Waals surface area contributed by atoms with Crippen molar-refractivity contribution >= 4 is 17.6 Å². The van der Waals surface area contributed by atoms with Crippen LogP contribution in [0.15, 0.2) is 24.3 Å². The molecule has 0 spiro atoms. The van der Waals surface area contributed by atoms with Crippen LogP contribution in [0.4, 0.5) is 5.69 Å². The second-order valence-electron chi connectivity index (χ2n) is 6.81. The molecular formula is C17H22N2O12. The van der Waals surface area contributed by atoms with E-state index >= 15 is 0 Å². The highest BCUT2D eigenvalue weighted by Crippen LogP contribution is 2.35. The van der Waals surface area contributed by atoms with Crippen LogP contribution in [0, 0.1) is 10.1 Å². The third kappa shape index (κ3) is 4.90. The zero-order valence-electron chi connectivity index (χ0n) is 16.1. The maximum absolute atomic E-state index is 12.0. The number of carboxylic acids is 1. The van der Waals surface area contributed by atoms with Crippen molar-refractivity contribution in [1.29, 1.82) is 0 Å². The van der Waals surface area contributed by atoms with Crippen LogP contribution in [0.25, 0.3) is 0 Å². The van der Waals surface area contributed by atoms with Crippen molar-refractivity contribution in [3.05, 3.63) is 34.4 Å². The lowest BCUT2D eigenvalue weighted by Crippen LogP contribution is -2.75. The number of aliphatic carboxylic acids is 1. The van der Waals surface area contributed by atoms with Crippen molar-refractivity contribution in [2.24, 2.45) is 0 Å². The molecule has 1 aromatic carbocycles. The van der Waals surface area contributed by atoms with Gasteiger partial charge in [0, 0.05) is 19.1 Å². The molecule has 0 unspecified atom stereocenters. The molecule has 31 heavy (non-hydrogen) atoms. The molecule has 1 amide bonds. The summed E-state index contributed by atoms with van der Waals surface area (Å²) in [4.78, 5) is 33.6. The van der Waals surface area contributed by atoms with Crippen LogP contribution in [0.2, 0.25) is 0 Å². The molecule has 1 aliphatic rings. The predicted octanol–water partition coefficient (Wildman–Crippen LogP) is -2.91. The second-order valence-corrected chi connectivity index (χ2v) is 6.81. The molecule has 1 aliphatic heterocycles. The SMILES string of the molecule is CC(=O)N[C@@H]1[C@@H](O)[C@@H](O)[C@](Oc2ccc([N+](=O)[O-])cc2)(C(=O)O)O[C@H]1[C@H](O)[C@H](O)CO. The van der Waals surface area contributed by atoms with Gasteiger partial charge in [0.2, 0.25) is 5.91 Å². The fourth-order valence-corrected chi connectivity index (χ4v) is 3.09. The molecule has 172 valence electrons. The van der Waals surface area contributed by atoms with E-state index in [4.69, 9.17) is 14.6 Å². The number of carbonyl (C=O) groups is 2. The molecule has 0 aromatic heterocycles. The Morgan fingerprint density at radius 2 is 1.87 bits per heavy atom. The van der Waals surface area contributed by atoms with E-state index in [0.29, 0.717) is 0 Å². The van der Waals surface area contributed by atoms with Gasteiger partial charge in [0.05, 0.1) is 17.6 Å². The summed E-state index contributed by atoms with van der Waals surface area (Å²) in [5, 5.41) is 72.9. The normalized spacial score (nSPS) is 30.1. The Balaban J connectivity index is 2.48. The zero-order valence-corrected chi connectivity index (χ0v) is 16.1. The Morgan fingerprint density at radius 1 is 1.29 bits per heavy atom. The van der Waals surface area contributed by atoms with Crippen LogP contribution in [0.1, 0.15) is 6.92 Å². The molecule has 0 bridgehead atoms. The number of nitro benzene ring substituents is 1. The van der Waals surface area contributed by atoms with Gasteiger partial charge in [-0.3, -0.25) is 14.9 Å². The highest BCUT2D eigenvalue weighted by molar-refractivity contribution is 5.78. The number of nitro groups is 1. The van der Waals surface area contributed by atoms with Crippen LogP contribution < -0.4 is 10.1 Å². The molecule has 7 N–H and O–H groups in total. The molecule has 7 atom stereocenters. The average molecular weight is 446 g/mol. The van der Waals surface area contributed by atoms with Gasteiger partial charge in [-0.15, -0.1) is 0 Å². The van der Waals surface area contributed by atoms with Crippen molar-refractivity contribution in [2.75, 3.05) is 6.61 Å². The quantitative estimate of drug-likeness (QED) is 0.157. The average Bonchev–Trinajstić information content (AvgIpc) is 2.72. The van der Waals surface area contributed by atoms with E-state index in [0.717, 1.165) is 31.2 Å². The Morgan fingerprint density at radius 3 is 2.32 bits per heavy atom. The maximum Gasteiger partial charge on any atom is 0.380 e. The fourth-order valence-electron chi connectivity index (χ4n) is 3.09. The molecular weight excluding hydrogens is 424 g/mol. The molecule has 14 nitrogen and oxygen atoms in total. The number of hydrogen-bond acceptors (Lipinski definition) is 11. The Bertz CT molecular complexity index is 818. The number of rotatable bonds is 8. The number of carbonyl (C=O) groups excluding carboxylic acids is 1. The van der Waals surface area contributed by atoms with Crippen LogP contribution >= 0.6 is 0 Å². The monoisotopic (exact) mass is 446 g/mol. The van der Waals surface area contributed by atoms with E-state index in [1.54, 1.807) is 0 Å². The first-order valence-electron chi connectivity index (χ1n) is 8.89. The number of nitrogens with one attached hydrogen (secondary N) is 1. The van der Waals surface area contributed by atoms with Crippen molar-refractivity contribution in [3.8, 4) is 5.75 Å². The molecule has 14 heteroatoms. The van der Waals surface area contributed by atoms with Gasteiger partial charge in [-0.05, 0) is 12.1 Å². The van der Waals surface area contributed by atoms with E-state index in [1.807, 2.05) is 0 Å². The number of benzene rings is 1. The minimum absolute atomic E-state index is 0.312. The molecule has 1 heterocycles. The molecule has 0 aliphatic carbocycles. The number of non-ortho nitro benzene ring substituents is 1. The van der Waals surface area contributed by atoms with Gasteiger partial charge in [0.25, 0.3) is 5.69 Å². The number of amides is 1. The second kappa shape index (κ2) is 9.51. The number of aliphatic hydroxyl groups excluding tert-OH is 5. The summed E-state index contributed by atoms with van der Waals surface area (Å²) in [6.07, 6.45) is -10.2. The minimum atomic E-state index is -3.05. The Labute approximate surface area is 174 Å². The lowest BCUT2D eigenvalue weighted by Gasteiger charge is -2.48. The van der Waals surface area contributed by atoms with Gasteiger partial charge >= 0.3 is 11.8 Å². The third-order valence-corrected chi connectivity index (χ3v) is 4.65. The van der Waals surface area contributed by atoms with Crippen LogP contribution in [-0.4, -0.2) is 96.4 Å². The molecule has 0 radical (unpaired) electrons. The highest BCUT2D eigenvalue weighted by Gasteiger charge is 2.63. The summed E-state index contributed by atoms with van der Waals surface area (Å²) in [6, 6.07) is 2.40. The van der Waals surface area contributed by atoms with Gasteiger partial charge in [-0.2, -0.15) is 0 Å². The smallest absolute Gasteiger partial charge is 0.380 e. The van der Waals surface area contributed by atoms with Gasteiger partial charge in [-0.1, -0.05) is 0 Å². The fraction of sp³-hybridized carbons (Fsp3) is 0.529. The summed E-state index contributed by atoms with van der Waals surface area (Å²) in [5.41, 5.74) is -0.341. The summed E-state index contributed by atoms with van der Waals surface area (Å²) in [7, 11) is 0. The number of carboxylic acid groups (broad SMARTS) is 1. The summed E-state index contributed by atoms with van der Waals surface area (Å²) >= 11 is 0. The molecule has 1 saturated heterocycles. The van der Waals surface area contributed by atoms with E-state index in [-0.39, 0.29) is 11.4 Å². The van der Waals surface area contributed by atoms with Gasteiger partial charge < -0.3 is 45.4 Å². The topological polar surface area (TPSA) is 229 Å². The number of hydrogen-bond donors (Lipinski definition) is 7. The molecule has 1 fully saturated rings. The van der Waals surface area contributed by atoms with Crippen LogP contribution in [0.3, 0.4) is 0 Å². The zero-order chi connectivity index (χ0) is 23.5. The first-order valence-corrected chi connectivity index (χ1v) is 8.89. The Hall–Kier alpha value is -2.88. The van der Waals surface area contributed by atoms with Gasteiger partial charge in [0.1, 0.15) is 30.2 Å². The number of aliphatic hydroxyl groups is 5. The van der Waals surface area contributed by atoms with E-state index in [9.17, 15) is 45.2 Å². The van der Waals surface area contributed by atoms with Crippen molar-refractivity contribution in [3.63, 3.8) is 0 Å². The van der Waals surface area contributed by atoms with E-state index in [2.05, 4.69) is 5.32 Å². The summed E-state index contributed by atoms with van der Waals surface area (Å²) in [6.45, 7) is 0.0627. The lowest BCUT2D eigenvalue weighted by atomic mass is 9.86. The third-order valence-electron chi connectivity index (χ3n) is 4.65. The number of nitrogens with zero attached hydrogens (tertiary/aromatic N) is 1. The highest BCUT2D eigenvalue weighted by atomic mass is 16.7. The van der Waals surface area contributed by atoms with E-state index < -0.39 is 65.8 Å². The van der Waals surface area contributed by atoms with Crippen LogP contribution in [0.5, 0.6) is 5.75 Å². The lowest BCUT2D eigenvalue weighted by molar-refractivity contribution is -0.384. The molecule has 0 saturated carbocycles. The predicted molar refractivity (Wildman–Crippen MR) is 97.7 cm³/mol. The molecule has 1 aromatic rings. The van der Waals surface area contributed by atoms with Crippen molar-refractivity contribution in [2.45, 2.75) is 49.3 Å². The number of ether oxygens (including phenoxy) is 2. The van der Waals surface area contributed by atoms with Crippen molar-refractivity contribution < 1.29 is 54.6 Å². The first kappa shape index (κ1) is 24.4. The Kier molecular flexibility index (Phi) is 7.48. The van der Waals surface area contributed by atoms with Crippen LogP contribution in [-0.2, 0) is 14.3 Å². The maximum atomic E-state index is 12.0. The van der Waals surface area contributed by atoms with Gasteiger partial charge in [0.15, 0.2) is 6.10 Å². The summed E-state index contributed by atoms with van der Waals surface area (Å²) in [5.74, 6) is -6.05. The largest absolute Gasteiger partial charge is 0.476 e. The standard InChI is InChI=1S/C17H22N2O12/c1-7(21)18-11-13(24)15(25)17(16(26)27,31-14(11)12(23)10(22)6-20)30-9-4-2-8(3-5-9)19(28)29/h2-5,10-15,20,22-25H,6H2,1H3,(H,18,21)(H,26,27)/t10-,11-,12-,13-,14-,15-,17-/m1/s1.